The van der Waals surface area contributed by atoms with Crippen LogP contribution in [0.3, 0.4) is 0 Å². The number of aromatic nitrogens is 2. The zero-order chi connectivity index (χ0) is 21.8. The van der Waals surface area contributed by atoms with E-state index < -0.39 is 0 Å². The predicted molar refractivity (Wildman–Crippen MR) is 118 cm³/mol. The molecule has 0 bridgehead atoms. The first-order valence-corrected chi connectivity index (χ1v) is 10.8. The third-order valence-electron chi connectivity index (χ3n) is 5.44. The molecule has 1 aliphatic rings. The number of rotatable bonds is 8. The second-order valence-electron chi connectivity index (χ2n) is 8.92. The summed E-state index contributed by atoms with van der Waals surface area (Å²) in [7, 11) is 0. The summed E-state index contributed by atoms with van der Waals surface area (Å²) in [5.74, 6) is 3.29. The van der Waals surface area contributed by atoms with Crippen molar-refractivity contribution in [3.63, 3.8) is 0 Å². The van der Waals surface area contributed by atoms with E-state index in [1.807, 2.05) is 6.07 Å². The van der Waals surface area contributed by atoms with Gasteiger partial charge in [-0.1, -0.05) is 46.8 Å². The lowest BCUT2D eigenvalue weighted by Crippen LogP contribution is -2.37. The molecule has 6 nitrogen and oxygen atoms in total. The van der Waals surface area contributed by atoms with Crippen LogP contribution in [0, 0.1) is 18.8 Å². The van der Waals surface area contributed by atoms with Crippen LogP contribution in [0.1, 0.15) is 57.5 Å². The van der Waals surface area contributed by atoms with Gasteiger partial charge >= 0.3 is 6.09 Å². The molecule has 0 N–H and O–H groups in total. The van der Waals surface area contributed by atoms with E-state index in [1.54, 1.807) is 17.2 Å². The van der Waals surface area contributed by atoms with Crippen LogP contribution in [0.2, 0.25) is 0 Å². The molecule has 30 heavy (non-hydrogen) atoms. The van der Waals surface area contributed by atoms with Crippen LogP contribution in [0.4, 0.5) is 10.6 Å². The number of amides is 1. The molecule has 0 radical (unpaired) electrons. The van der Waals surface area contributed by atoms with Crippen molar-refractivity contribution in [2.75, 3.05) is 18.1 Å². The molecule has 1 saturated heterocycles. The van der Waals surface area contributed by atoms with Gasteiger partial charge in [0.05, 0.1) is 12.6 Å². The third-order valence-corrected chi connectivity index (χ3v) is 5.44. The smallest absolute Gasteiger partial charge is 0.415 e. The summed E-state index contributed by atoms with van der Waals surface area (Å²) in [4.78, 5) is 23.0. The van der Waals surface area contributed by atoms with Gasteiger partial charge in [-0.05, 0) is 47.9 Å². The average Bonchev–Trinajstić information content (AvgIpc) is 3.09. The first kappa shape index (κ1) is 22.1. The minimum atomic E-state index is -0.334. The van der Waals surface area contributed by atoms with E-state index in [0.717, 1.165) is 17.1 Å². The Bertz CT molecular complexity index is 882. The molecular formula is C24H33N3O3. The minimum absolute atomic E-state index is 0.00120. The van der Waals surface area contributed by atoms with Crippen molar-refractivity contribution in [2.24, 2.45) is 11.8 Å². The van der Waals surface area contributed by atoms with Crippen LogP contribution in [-0.2, 0) is 11.2 Å². The lowest BCUT2D eigenvalue weighted by Gasteiger charge is -2.23. The van der Waals surface area contributed by atoms with Crippen LogP contribution < -0.4 is 9.64 Å². The highest BCUT2D eigenvalue weighted by Gasteiger charge is 2.37. The van der Waals surface area contributed by atoms with E-state index in [0.29, 0.717) is 31.4 Å². The van der Waals surface area contributed by atoms with Crippen LogP contribution in [0.5, 0.6) is 5.75 Å². The SMILES string of the molecule is Cc1cc([C@H](C)Cc2nccc(N3C(=O)OC[C@@H]3C(C)C)n2)ccc1OCC(C)C. The summed E-state index contributed by atoms with van der Waals surface area (Å²) in [6, 6.07) is 8.12. The number of carbonyl (C=O) groups is 1. The maximum absolute atomic E-state index is 12.2. The van der Waals surface area contributed by atoms with Gasteiger partial charge in [-0.2, -0.15) is 0 Å². The Kier molecular flexibility index (Phi) is 6.95. The van der Waals surface area contributed by atoms with Gasteiger partial charge < -0.3 is 9.47 Å². The van der Waals surface area contributed by atoms with E-state index in [4.69, 9.17) is 9.47 Å². The van der Waals surface area contributed by atoms with Crippen molar-refractivity contribution < 1.29 is 14.3 Å². The summed E-state index contributed by atoms with van der Waals surface area (Å²) < 4.78 is 11.1. The zero-order valence-corrected chi connectivity index (χ0v) is 18.9. The Morgan fingerprint density at radius 1 is 1.20 bits per heavy atom. The van der Waals surface area contributed by atoms with E-state index in [2.05, 4.69) is 63.6 Å². The van der Waals surface area contributed by atoms with Crippen LogP contribution >= 0.6 is 0 Å². The molecule has 1 aromatic carbocycles. The van der Waals surface area contributed by atoms with Gasteiger partial charge in [0.2, 0.25) is 0 Å². The molecule has 0 saturated carbocycles. The molecule has 3 rings (SSSR count). The number of anilines is 1. The number of hydrogen-bond donors (Lipinski definition) is 0. The number of aryl methyl sites for hydroxylation is 1. The Hall–Kier alpha value is -2.63. The van der Waals surface area contributed by atoms with Crippen molar-refractivity contribution in [1.29, 1.82) is 0 Å². The number of cyclic esters (lactones) is 1. The summed E-state index contributed by atoms with van der Waals surface area (Å²) in [6.07, 6.45) is 2.08. The summed E-state index contributed by atoms with van der Waals surface area (Å²) in [5.41, 5.74) is 2.35. The number of nitrogens with zero attached hydrogens (tertiary/aromatic N) is 3. The highest BCUT2D eigenvalue weighted by Crippen LogP contribution is 2.28. The van der Waals surface area contributed by atoms with Crippen molar-refractivity contribution in [1.82, 2.24) is 9.97 Å². The van der Waals surface area contributed by atoms with Gasteiger partial charge in [0.25, 0.3) is 0 Å². The van der Waals surface area contributed by atoms with E-state index in [9.17, 15) is 4.79 Å². The van der Waals surface area contributed by atoms with Crippen molar-refractivity contribution in [3.8, 4) is 5.75 Å². The fourth-order valence-corrected chi connectivity index (χ4v) is 3.60. The Morgan fingerprint density at radius 2 is 1.97 bits per heavy atom. The molecule has 6 heteroatoms. The number of benzene rings is 1. The topological polar surface area (TPSA) is 64.6 Å². The molecule has 0 spiro atoms. The fraction of sp³-hybridized carbons (Fsp3) is 0.542. The molecule has 1 fully saturated rings. The molecule has 1 aliphatic heterocycles. The Balaban J connectivity index is 1.73. The lowest BCUT2D eigenvalue weighted by molar-refractivity contribution is 0.177. The fourth-order valence-electron chi connectivity index (χ4n) is 3.60. The predicted octanol–water partition coefficient (Wildman–Crippen LogP) is 5.15. The molecule has 0 aliphatic carbocycles. The van der Waals surface area contributed by atoms with Crippen LogP contribution in [0.25, 0.3) is 0 Å². The molecule has 0 unspecified atom stereocenters. The third kappa shape index (κ3) is 5.10. The summed E-state index contributed by atoms with van der Waals surface area (Å²) >= 11 is 0. The van der Waals surface area contributed by atoms with Gasteiger partial charge in [0.1, 0.15) is 24.0 Å². The monoisotopic (exact) mass is 411 g/mol. The molecule has 162 valence electrons. The van der Waals surface area contributed by atoms with Crippen molar-refractivity contribution in [3.05, 3.63) is 47.4 Å². The standard InChI is InChI=1S/C24H33N3O3/c1-15(2)13-29-21-8-7-19(11-18(21)6)17(5)12-22-25-10-9-23(26-22)27-20(16(3)4)14-30-24(27)28/h7-11,15-17,20H,12-14H2,1-6H3/t17-,20-/m1/s1. The summed E-state index contributed by atoms with van der Waals surface area (Å²) in [6.45, 7) is 13.8. The molecule has 2 heterocycles. The van der Waals surface area contributed by atoms with Crippen molar-refractivity contribution in [2.45, 2.75) is 59.9 Å². The molecule has 1 aromatic heterocycles. The zero-order valence-electron chi connectivity index (χ0n) is 18.9. The normalized spacial score (nSPS) is 17.5. The Morgan fingerprint density at radius 3 is 2.63 bits per heavy atom. The van der Waals surface area contributed by atoms with Gasteiger partial charge in [-0.25, -0.2) is 14.8 Å². The second kappa shape index (κ2) is 9.45. The molecule has 2 aromatic rings. The van der Waals surface area contributed by atoms with Gasteiger partial charge in [0, 0.05) is 12.6 Å². The van der Waals surface area contributed by atoms with Crippen LogP contribution in [0.15, 0.2) is 30.5 Å². The number of carbonyl (C=O) groups excluding carboxylic acids is 1. The lowest BCUT2D eigenvalue weighted by atomic mass is 9.95. The first-order chi connectivity index (χ1) is 14.3. The van der Waals surface area contributed by atoms with Gasteiger partial charge in [-0.15, -0.1) is 0 Å². The number of hydrogen-bond acceptors (Lipinski definition) is 5. The molecule has 2 atom stereocenters. The maximum atomic E-state index is 12.2. The van der Waals surface area contributed by atoms with E-state index >= 15 is 0 Å². The number of ether oxygens (including phenoxy) is 2. The highest BCUT2D eigenvalue weighted by molar-refractivity contribution is 5.89. The van der Waals surface area contributed by atoms with E-state index in [-0.39, 0.29) is 24.0 Å². The first-order valence-electron chi connectivity index (χ1n) is 10.8. The molecular weight excluding hydrogens is 378 g/mol. The highest BCUT2D eigenvalue weighted by atomic mass is 16.6. The minimum Gasteiger partial charge on any atom is -0.493 e. The second-order valence-corrected chi connectivity index (χ2v) is 8.92. The van der Waals surface area contributed by atoms with E-state index in [1.165, 1.54) is 5.56 Å². The van der Waals surface area contributed by atoms with Crippen molar-refractivity contribution >= 4 is 11.9 Å². The average molecular weight is 412 g/mol. The van der Waals surface area contributed by atoms with Crippen LogP contribution in [-0.4, -0.2) is 35.3 Å². The maximum Gasteiger partial charge on any atom is 0.415 e. The largest absolute Gasteiger partial charge is 0.493 e. The van der Waals surface area contributed by atoms with Gasteiger partial charge in [-0.3, -0.25) is 4.90 Å². The van der Waals surface area contributed by atoms with Gasteiger partial charge in [0.15, 0.2) is 0 Å². The summed E-state index contributed by atoms with van der Waals surface area (Å²) in [5, 5.41) is 0. The quantitative estimate of drug-likeness (QED) is 0.601. The Labute approximate surface area is 179 Å². The molecule has 1 amide bonds.